The van der Waals surface area contributed by atoms with Crippen molar-refractivity contribution in [2.45, 2.75) is 38.3 Å². The second-order valence-electron chi connectivity index (χ2n) is 4.66. The molecule has 0 saturated heterocycles. The Morgan fingerprint density at radius 3 is 3.00 bits per heavy atom. The molecule has 0 fully saturated rings. The van der Waals surface area contributed by atoms with Crippen molar-refractivity contribution in [3.05, 3.63) is 41.5 Å². The van der Waals surface area contributed by atoms with E-state index in [4.69, 9.17) is 0 Å². The van der Waals surface area contributed by atoms with Crippen molar-refractivity contribution in [3.63, 3.8) is 0 Å². The molecule has 0 bridgehead atoms. The third-order valence-corrected chi connectivity index (χ3v) is 4.69. The van der Waals surface area contributed by atoms with Crippen LogP contribution in [-0.2, 0) is 0 Å². The molecule has 0 radical (unpaired) electrons. The predicted octanol–water partition coefficient (Wildman–Crippen LogP) is 4.66. The van der Waals surface area contributed by atoms with E-state index in [0.717, 1.165) is 20.2 Å². The monoisotopic (exact) mass is 232 g/mol. The molecule has 86 valence electrons. The van der Waals surface area contributed by atoms with Gasteiger partial charge in [0.25, 0.3) is 0 Å². The van der Waals surface area contributed by atoms with Crippen LogP contribution >= 0.6 is 8.58 Å². The summed E-state index contributed by atoms with van der Waals surface area (Å²) in [6, 6.07) is 8.87. The van der Waals surface area contributed by atoms with Gasteiger partial charge in [-0.15, -0.1) is 8.58 Å². The summed E-state index contributed by atoms with van der Waals surface area (Å²) in [5.74, 6) is 0.759. The molecule has 0 saturated carbocycles. The predicted molar refractivity (Wildman–Crippen MR) is 75.8 cm³/mol. The lowest BCUT2D eigenvalue weighted by Crippen LogP contribution is -2.09. The smallest absolute Gasteiger partial charge is 0.0116 e. The summed E-state index contributed by atoms with van der Waals surface area (Å²) < 4.78 is 0. The standard InChI is InChI=1S/C15H21P/c1-3-16-12(2)11-14-9-6-8-13-7-4-5-10-15(13)14/h4-8,10,12,14,16H,3,9,11H2,1-2H3. The molecule has 0 heterocycles. The molecule has 3 atom stereocenters. The molecule has 1 heteroatoms. The van der Waals surface area contributed by atoms with Gasteiger partial charge in [0.05, 0.1) is 0 Å². The van der Waals surface area contributed by atoms with Crippen LogP contribution in [0.3, 0.4) is 0 Å². The van der Waals surface area contributed by atoms with Crippen molar-refractivity contribution in [3.8, 4) is 0 Å². The van der Waals surface area contributed by atoms with E-state index in [-0.39, 0.29) is 0 Å². The number of hydrogen-bond donors (Lipinski definition) is 0. The van der Waals surface area contributed by atoms with E-state index in [0.29, 0.717) is 0 Å². The maximum absolute atomic E-state index is 2.41. The summed E-state index contributed by atoms with van der Waals surface area (Å²) in [4.78, 5) is 0. The maximum Gasteiger partial charge on any atom is -0.0116 e. The summed E-state index contributed by atoms with van der Waals surface area (Å²) in [7, 11) is 1.13. The summed E-state index contributed by atoms with van der Waals surface area (Å²) >= 11 is 0. The molecule has 2 rings (SSSR count). The van der Waals surface area contributed by atoms with Crippen LogP contribution in [0.1, 0.15) is 43.7 Å². The number of rotatable bonds is 4. The Hall–Kier alpha value is -0.610. The Labute approximate surface area is 101 Å². The molecule has 0 spiro atoms. The van der Waals surface area contributed by atoms with Crippen LogP contribution in [-0.4, -0.2) is 11.8 Å². The lowest BCUT2D eigenvalue weighted by atomic mass is 9.84. The van der Waals surface area contributed by atoms with Crippen molar-refractivity contribution >= 4 is 14.7 Å². The van der Waals surface area contributed by atoms with Crippen molar-refractivity contribution in [1.29, 1.82) is 0 Å². The van der Waals surface area contributed by atoms with Crippen LogP contribution in [0.2, 0.25) is 0 Å². The minimum Gasteiger partial charge on any atom is -0.119 e. The Balaban J connectivity index is 2.10. The van der Waals surface area contributed by atoms with Gasteiger partial charge in [0.2, 0.25) is 0 Å². The first-order valence-corrected chi connectivity index (χ1v) is 7.58. The van der Waals surface area contributed by atoms with Gasteiger partial charge in [-0.2, -0.15) is 0 Å². The molecular weight excluding hydrogens is 211 g/mol. The lowest BCUT2D eigenvalue weighted by Gasteiger charge is -2.24. The van der Waals surface area contributed by atoms with Gasteiger partial charge >= 0.3 is 0 Å². The minimum atomic E-state index is 0.759. The fourth-order valence-corrected chi connectivity index (χ4v) is 3.75. The van der Waals surface area contributed by atoms with Gasteiger partial charge in [0, 0.05) is 0 Å². The van der Waals surface area contributed by atoms with E-state index < -0.39 is 0 Å². The highest BCUT2D eigenvalue weighted by Crippen LogP contribution is 2.36. The van der Waals surface area contributed by atoms with Gasteiger partial charge in [-0.05, 0) is 41.7 Å². The van der Waals surface area contributed by atoms with E-state index in [9.17, 15) is 0 Å². The van der Waals surface area contributed by atoms with Crippen LogP contribution in [0.15, 0.2) is 30.3 Å². The summed E-state index contributed by atoms with van der Waals surface area (Å²) in [6.45, 7) is 4.70. The third kappa shape index (κ3) is 2.74. The molecule has 0 nitrogen and oxygen atoms in total. The van der Waals surface area contributed by atoms with Crippen molar-refractivity contribution in [2.75, 3.05) is 6.16 Å². The van der Waals surface area contributed by atoms with Gasteiger partial charge < -0.3 is 0 Å². The normalized spacial score (nSPS) is 21.2. The fourth-order valence-electron chi connectivity index (χ4n) is 2.60. The Kier molecular flexibility index (Phi) is 4.18. The average molecular weight is 232 g/mol. The molecule has 0 aromatic heterocycles. The molecule has 0 amide bonds. The van der Waals surface area contributed by atoms with Crippen molar-refractivity contribution < 1.29 is 0 Å². The molecule has 1 aliphatic carbocycles. The molecular formula is C15H21P. The Morgan fingerprint density at radius 2 is 2.19 bits per heavy atom. The zero-order valence-electron chi connectivity index (χ0n) is 10.2. The third-order valence-electron chi connectivity index (χ3n) is 3.34. The highest BCUT2D eigenvalue weighted by molar-refractivity contribution is 7.38. The summed E-state index contributed by atoms with van der Waals surface area (Å²) in [5.41, 5.74) is 3.89. The first kappa shape index (κ1) is 11.9. The Morgan fingerprint density at radius 1 is 1.38 bits per heavy atom. The molecule has 3 unspecified atom stereocenters. The zero-order valence-corrected chi connectivity index (χ0v) is 11.2. The minimum absolute atomic E-state index is 0.759. The second-order valence-corrected chi connectivity index (χ2v) is 6.76. The number of benzene rings is 1. The SMILES string of the molecule is CCPC(C)CC1CC=Cc2ccccc21. The van der Waals surface area contributed by atoms with Crippen LogP contribution in [0.25, 0.3) is 6.08 Å². The quantitative estimate of drug-likeness (QED) is 0.662. The van der Waals surface area contributed by atoms with E-state index in [1.54, 1.807) is 5.56 Å². The van der Waals surface area contributed by atoms with Crippen molar-refractivity contribution in [1.82, 2.24) is 0 Å². The van der Waals surface area contributed by atoms with Crippen molar-refractivity contribution in [2.24, 2.45) is 0 Å². The second kappa shape index (κ2) is 5.64. The van der Waals surface area contributed by atoms with Gasteiger partial charge in [0.15, 0.2) is 0 Å². The first-order valence-electron chi connectivity index (χ1n) is 6.30. The summed E-state index contributed by atoms with van der Waals surface area (Å²) in [5, 5.41) is 0. The summed E-state index contributed by atoms with van der Waals surface area (Å²) in [6.07, 6.45) is 8.54. The highest BCUT2D eigenvalue weighted by Gasteiger charge is 2.18. The van der Waals surface area contributed by atoms with Gasteiger partial charge in [-0.25, -0.2) is 0 Å². The van der Waals surface area contributed by atoms with Crippen LogP contribution < -0.4 is 0 Å². The fraction of sp³-hybridized carbons (Fsp3) is 0.467. The zero-order chi connectivity index (χ0) is 11.4. The van der Waals surface area contributed by atoms with Crippen LogP contribution in [0.4, 0.5) is 0 Å². The maximum atomic E-state index is 2.41. The molecule has 1 aromatic carbocycles. The highest BCUT2D eigenvalue weighted by atomic mass is 31.1. The van der Waals surface area contributed by atoms with Crippen LogP contribution in [0.5, 0.6) is 0 Å². The number of allylic oxidation sites excluding steroid dienone is 1. The molecule has 1 aromatic rings. The van der Waals surface area contributed by atoms with Crippen LogP contribution in [0, 0.1) is 0 Å². The number of fused-ring (bicyclic) bond motifs is 1. The average Bonchev–Trinajstić information content (AvgIpc) is 2.30. The van der Waals surface area contributed by atoms with E-state index in [2.05, 4.69) is 50.3 Å². The van der Waals surface area contributed by atoms with E-state index in [1.807, 2.05) is 0 Å². The van der Waals surface area contributed by atoms with E-state index >= 15 is 0 Å². The Bertz CT molecular complexity index is 367. The van der Waals surface area contributed by atoms with Gasteiger partial charge in [-0.1, -0.05) is 50.3 Å². The van der Waals surface area contributed by atoms with Gasteiger partial charge in [-0.3, -0.25) is 0 Å². The lowest BCUT2D eigenvalue weighted by molar-refractivity contribution is 0.623. The molecule has 16 heavy (non-hydrogen) atoms. The molecule has 1 aliphatic rings. The first-order chi connectivity index (χ1) is 7.81. The topological polar surface area (TPSA) is 0 Å². The molecule has 0 aliphatic heterocycles. The van der Waals surface area contributed by atoms with E-state index in [1.165, 1.54) is 24.6 Å². The largest absolute Gasteiger partial charge is 0.119 e. The van der Waals surface area contributed by atoms with Gasteiger partial charge in [0.1, 0.15) is 0 Å². The number of hydrogen-bond acceptors (Lipinski definition) is 0. The molecule has 0 N–H and O–H groups in total.